The van der Waals surface area contributed by atoms with E-state index in [1.807, 2.05) is 61.7 Å². The number of fused-ring (bicyclic) bond motifs is 1. The van der Waals surface area contributed by atoms with Crippen LogP contribution in [0, 0.1) is 6.92 Å². The van der Waals surface area contributed by atoms with Crippen LogP contribution in [0.4, 0.5) is 5.13 Å². The Hall–Kier alpha value is -2.97. The molecular formula is C23H20BrN3O3S. The number of hydrogen-bond acceptors (Lipinski definition) is 5. The van der Waals surface area contributed by atoms with Crippen LogP contribution in [0.2, 0.25) is 0 Å². The molecular weight excluding hydrogens is 478 g/mol. The Morgan fingerprint density at radius 2 is 1.90 bits per heavy atom. The van der Waals surface area contributed by atoms with Crippen molar-refractivity contribution in [2.45, 2.75) is 26.8 Å². The Morgan fingerprint density at radius 3 is 2.61 bits per heavy atom. The summed E-state index contributed by atoms with van der Waals surface area (Å²) in [4.78, 5) is 28.5. The predicted molar refractivity (Wildman–Crippen MR) is 126 cm³/mol. The summed E-state index contributed by atoms with van der Waals surface area (Å²) in [5.41, 5.74) is 4.16. The van der Waals surface area contributed by atoms with E-state index >= 15 is 0 Å². The molecule has 2 aromatic carbocycles. The molecule has 0 aliphatic heterocycles. The number of aromatic nitrogens is 1. The minimum Gasteiger partial charge on any atom is -0.451 e. The zero-order valence-corrected chi connectivity index (χ0v) is 19.6. The lowest BCUT2D eigenvalue weighted by Gasteiger charge is -2.12. The maximum Gasteiger partial charge on any atom is 0.293 e. The second-order valence-electron chi connectivity index (χ2n) is 7.23. The van der Waals surface area contributed by atoms with Gasteiger partial charge in [0.2, 0.25) is 5.91 Å². The molecule has 0 saturated carbocycles. The molecule has 0 saturated heterocycles. The van der Waals surface area contributed by atoms with E-state index in [1.165, 1.54) is 18.3 Å². The molecule has 2 N–H and O–H groups in total. The zero-order chi connectivity index (χ0) is 22.1. The molecule has 31 heavy (non-hydrogen) atoms. The van der Waals surface area contributed by atoms with Crippen molar-refractivity contribution in [3.8, 4) is 11.3 Å². The summed E-state index contributed by atoms with van der Waals surface area (Å²) in [5, 5.41) is 8.98. The van der Waals surface area contributed by atoms with Gasteiger partial charge in [-0.3, -0.25) is 14.9 Å². The number of amides is 2. The standard InChI is InChI=1S/C23H20BrN3O3S/c1-12-18-10-17(24)8-9-20(18)30-21(12)22(29)27-23-26-19(11-31-23)16-6-4-15(5-7-16)13(2)25-14(3)28/h4-11,13H,1-3H3,(H,25,28)(H,26,27,29). The zero-order valence-electron chi connectivity index (χ0n) is 17.2. The van der Waals surface area contributed by atoms with E-state index in [2.05, 4.69) is 31.5 Å². The average molecular weight is 498 g/mol. The molecule has 158 valence electrons. The van der Waals surface area contributed by atoms with Gasteiger partial charge in [-0.15, -0.1) is 11.3 Å². The molecule has 8 heteroatoms. The molecule has 2 amide bonds. The third-order valence-corrected chi connectivity index (χ3v) is 6.21. The first-order chi connectivity index (χ1) is 14.8. The van der Waals surface area contributed by atoms with Gasteiger partial charge in [-0.05, 0) is 37.6 Å². The molecule has 0 aliphatic carbocycles. The number of aryl methyl sites for hydroxylation is 1. The minimum absolute atomic E-state index is 0.0653. The van der Waals surface area contributed by atoms with Crippen LogP contribution < -0.4 is 10.6 Å². The summed E-state index contributed by atoms with van der Waals surface area (Å²) in [7, 11) is 0. The lowest BCUT2D eigenvalue weighted by molar-refractivity contribution is -0.119. The quantitative estimate of drug-likeness (QED) is 0.350. The molecule has 0 aliphatic rings. The molecule has 0 bridgehead atoms. The summed E-state index contributed by atoms with van der Waals surface area (Å²) in [6, 6.07) is 13.4. The van der Waals surface area contributed by atoms with E-state index in [9.17, 15) is 9.59 Å². The Kier molecular flexibility index (Phi) is 5.93. The molecule has 2 aromatic heterocycles. The molecule has 4 aromatic rings. The van der Waals surface area contributed by atoms with Crippen LogP contribution >= 0.6 is 27.3 Å². The lowest BCUT2D eigenvalue weighted by atomic mass is 10.1. The van der Waals surface area contributed by atoms with Crippen molar-refractivity contribution in [1.29, 1.82) is 0 Å². The summed E-state index contributed by atoms with van der Waals surface area (Å²) in [6.07, 6.45) is 0. The molecule has 0 spiro atoms. The minimum atomic E-state index is -0.329. The van der Waals surface area contributed by atoms with Gasteiger partial charge >= 0.3 is 0 Å². The number of nitrogens with one attached hydrogen (secondary N) is 2. The summed E-state index contributed by atoms with van der Waals surface area (Å²) < 4.78 is 6.68. The van der Waals surface area contributed by atoms with Crippen molar-refractivity contribution >= 4 is 55.2 Å². The normalized spacial score (nSPS) is 12.0. The largest absolute Gasteiger partial charge is 0.451 e. The highest BCUT2D eigenvalue weighted by Crippen LogP contribution is 2.30. The highest BCUT2D eigenvalue weighted by Gasteiger charge is 2.19. The maximum atomic E-state index is 12.8. The van der Waals surface area contributed by atoms with Gasteiger partial charge in [0.15, 0.2) is 10.9 Å². The van der Waals surface area contributed by atoms with Crippen molar-refractivity contribution in [3.05, 3.63) is 69.2 Å². The Labute approximate surface area is 191 Å². The van der Waals surface area contributed by atoms with Crippen LogP contribution in [-0.4, -0.2) is 16.8 Å². The van der Waals surface area contributed by atoms with Crippen molar-refractivity contribution in [3.63, 3.8) is 0 Å². The van der Waals surface area contributed by atoms with Gasteiger partial charge in [0, 0.05) is 33.3 Å². The number of anilines is 1. The number of carbonyl (C=O) groups is 2. The van der Waals surface area contributed by atoms with Gasteiger partial charge in [-0.25, -0.2) is 4.98 Å². The number of hydrogen-bond donors (Lipinski definition) is 2. The fourth-order valence-electron chi connectivity index (χ4n) is 3.36. The van der Waals surface area contributed by atoms with Crippen LogP contribution in [0.1, 0.15) is 41.6 Å². The third-order valence-electron chi connectivity index (χ3n) is 4.96. The summed E-state index contributed by atoms with van der Waals surface area (Å²) in [5.74, 6) is -0.116. The van der Waals surface area contributed by atoms with Gasteiger partial charge in [-0.2, -0.15) is 0 Å². The molecule has 2 heterocycles. The molecule has 1 atom stereocenters. The van der Waals surface area contributed by atoms with Gasteiger partial charge in [0.25, 0.3) is 5.91 Å². The second-order valence-corrected chi connectivity index (χ2v) is 9.01. The van der Waals surface area contributed by atoms with E-state index in [0.717, 1.165) is 32.2 Å². The first-order valence-corrected chi connectivity index (χ1v) is 11.3. The third kappa shape index (κ3) is 4.55. The van der Waals surface area contributed by atoms with Crippen molar-refractivity contribution in [1.82, 2.24) is 10.3 Å². The number of carbonyl (C=O) groups excluding carboxylic acids is 2. The van der Waals surface area contributed by atoms with Crippen LogP contribution in [0.5, 0.6) is 0 Å². The Balaban J connectivity index is 1.50. The smallest absolute Gasteiger partial charge is 0.293 e. The first-order valence-electron chi connectivity index (χ1n) is 9.65. The molecule has 0 radical (unpaired) electrons. The van der Waals surface area contributed by atoms with Gasteiger partial charge < -0.3 is 9.73 Å². The van der Waals surface area contributed by atoms with Crippen LogP contribution in [0.15, 0.2) is 56.7 Å². The Bertz CT molecular complexity index is 1280. The second kappa shape index (κ2) is 8.64. The van der Waals surface area contributed by atoms with Crippen molar-refractivity contribution < 1.29 is 14.0 Å². The molecule has 4 rings (SSSR count). The highest BCUT2D eigenvalue weighted by molar-refractivity contribution is 9.10. The SMILES string of the molecule is CC(=O)NC(C)c1ccc(-c2csc(NC(=O)c3oc4ccc(Br)cc4c3C)n2)cc1. The molecule has 0 fully saturated rings. The van der Waals surface area contributed by atoms with Gasteiger partial charge in [-0.1, -0.05) is 40.2 Å². The van der Waals surface area contributed by atoms with E-state index < -0.39 is 0 Å². The van der Waals surface area contributed by atoms with Crippen molar-refractivity contribution in [2.75, 3.05) is 5.32 Å². The highest BCUT2D eigenvalue weighted by atomic mass is 79.9. The summed E-state index contributed by atoms with van der Waals surface area (Å²) in [6.45, 7) is 5.30. The van der Waals surface area contributed by atoms with Crippen LogP contribution in [-0.2, 0) is 4.79 Å². The van der Waals surface area contributed by atoms with E-state index in [-0.39, 0.29) is 23.6 Å². The number of benzene rings is 2. The van der Waals surface area contributed by atoms with Crippen LogP contribution in [0.25, 0.3) is 22.2 Å². The van der Waals surface area contributed by atoms with Crippen LogP contribution in [0.3, 0.4) is 0 Å². The number of thiazole rings is 1. The predicted octanol–water partition coefficient (Wildman–Crippen LogP) is 6.08. The van der Waals surface area contributed by atoms with E-state index in [1.54, 1.807) is 0 Å². The number of halogens is 1. The fourth-order valence-corrected chi connectivity index (χ4v) is 4.43. The number of rotatable bonds is 5. The van der Waals surface area contributed by atoms with E-state index in [0.29, 0.717) is 10.7 Å². The number of furan rings is 1. The maximum absolute atomic E-state index is 12.8. The monoisotopic (exact) mass is 497 g/mol. The molecule has 6 nitrogen and oxygen atoms in total. The average Bonchev–Trinajstić information content (AvgIpc) is 3.32. The van der Waals surface area contributed by atoms with Gasteiger partial charge in [0.1, 0.15) is 5.58 Å². The van der Waals surface area contributed by atoms with Crippen molar-refractivity contribution in [2.24, 2.45) is 0 Å². The first kappa shape index (κ1) is 21.3. The Morgan fingerprint density at radius 1 is 1.16 bits per heavy atom. The molecule has 1 unspecified atom stereocenters. The topological polar surface area (TPSA) is 84.2 Å². The number of nitrogens with zero attached hydrogens (tertiary/aromatic N) is 1. The van der Waals surface area contributed by atoms with Gasteiger partial charge in [0.05, 0.1) is 11.7 Å². The van der Waals surface area contributed by atoms with E-state index in [4.69, 9.17) is 4.42 Å². The lowest BCUT2D eigenvalue weighted by Crippen LogP contribution is -2.23. The summed E-state index contributed by atoms with van der Waals surface area (Å²) >= 11 is 4.80. The fraction of sp³-hybridized carbons (Fsp3) is 0.174.